The van der Waals surface area contributed by atoms with Crippen molar-refractivity contribution in [3.63, 3.8) is 0 Å². The number of thiophene rings is 1. The van der Waals surface area contributed by atoms with Crippen LogP contribution in [-0.2, 0) is 10.9 Å². The first kappa shape index (κ1) is 19.7. The van der Waals surface area contributed by atoms with E-state index >= 15 is 0 Å². The van der Waals surface area contributed by atoms with Crippen molar-refractivity contribution in [2.24, 2.45) is 0 Å². The van der Waals surface area contributed by atoms with E-state index in [1.165, 1.54) is 23.7 Å². The number of halogens is 4. The molecule has 0 spiro atoms. The van der Waals surface area contributed by atoms with E-state index in [-0.39, 0.29) is 5.02 Å². The predicted octanol–water partition coefficient (Wildman–Crippen LogP) is 4.58. The van der Waals surface area contributed by atoms with Gasteiger partial charge in [-0.25, -0.2) is 0 Å². The topological polar surface area (TPSA) is 77.8 Å². The lowest BCUT2D eigenvalue weighted by atomic mass is 9.99. The molecule has 1 fully saturated rings. The first-order chi connectivity index (χ1) is 13.9. The number of anilines is 1. The summed E-state index contributed by atoms with van der Waals surface area (Å²) in [5.74, 6) is 0.414. The lowest BCUT2D eigenvalue weighted by Gasteiger charge is -2.27. The molecule has 0 amide bonds. The molecule has 4 rings (SSSR count). The number of rotatable bonds is 3. The highest BCUT2D eigenvalue weighted by molar-refractivity contribution is 7.20. The van der Waals surface area contributed by atoms with Gasteiger partial charge in [-0.15, -0.1) is 21.5 Å². The summed E-state index contributed by atoms with van der Waals surface area (Å²) >= 11 is 7.56. The summed E-state index contributed by atoms with van der Waals surface area (Å²) in [6.45, 7) is 2.25. The largest absolute Gasteiger partial charge is 0.416 e. The van der Waals surface area contributed by atoms with E-state index in [4.69, 9.17) is 16.3 Å². The number of alkyl halides is 3. The number of aromatic amines is 1. The Bertz CT molecular complexity index is 1070. The Labute approximate surface area is 172 Å². The highest BCUT2D eigenvalue weighted by Crippen LogP contribution is 2.48. The molecule has 150 valence electrons. The van der Waals surface area contributed by atoms with Crippen LogP contribution in [0.1, 0.15) is 11.1 Å². The molecule has 0 atom stereocenters. The quantitative estimate of drug-likeness (QED) is 0.646. The Morgan fingerprint density at radius 1 is 1.28 bits per heavy atom. The maximum atomic E-state index is 13.0. The molecule has 0 saturated carbocycles. The average molecular weight is 440 g/mol. The molecule has 3 aromatic rings. The van der Waals surface area contributed by atoms with E-state index in [9.17, 15) is 18.4 Å². The third kappa shape index (κ3) is 3.69. The monoisotopic (exact) mass is 439 g/mol. The summed E-state index contributed by atoms with van der Waals surface area (Å²) in [5.41, 5.74) is 0.257. The highest BCUT2D eigenvalue weighted by atomic mass is 35.5. The van der Waals surface area contributed by atoms with Gasteiger partial charge in [0.25, 0.3) is 0 Å². The maximum absolute atomic E-state index is 13.0. The van der Waals surface area contributed by atoms with Crippen LogP contribution in [-0.4, -0.2) is 41.5 Å². The molecule has 0 unspecified atom stereocenters. The lowest BCUT2D eigenvalue weighted by molar-refractivity contribution is -0.137. The first-order valence-electron chi connectivity index (χ1n) is 8.53. The van der Waals surface area contributed by atoms with Gasteiger partial charge in [-0.05, 0) is 12.1 Å². The normalized spacial score (nSPS) is 14.8. The summed E-state index contributed by atoms with van der Waals surface area (Å²) < 4.78 is 44.5. The van der Waals surface area contributed by atoms with Crippen molar-refractivity contribution in [2.75, 3.05) is 31.2 Å². The van der Waals surface area contributed by atoms with Gasteiger partial charge >= 0.3 is 6.18 Å². The zero-order valence-corrected chi connectivity index (χ0v) is 16.3. The summed E-state index contributed by atoms with van der Waals surface area (Å²) in [6, 6.07) is 5.31. The Kier molecular flexibility index (Phi) is 5.21. The average Bonchev–Trinajstić information content (AvgIpc) is 3.35. The Morgan fingerprint density at radius 3 is 2.62 bits per heavy atom. The first-order valence-corrected chi connectivity index (χ1v) is 9.72. The molecule has 11 heteroatoms. The summed E-state index contributed by atoms with van der Waals surface area (Å²) in [5, 5.41) is 18.3. The van der Waals surface area contributed by atoms with E-state index in [0.29, 0.717) is 58.7 Å². The molecule has 1 aromatic carbocycles. The van der Waals surface area contributed by atoms with Gasteiger partial charge in [-0.1, -0.05) is 17.7 Å². The number of nitriles is 1. The van der Waals surface area contributed by atoms with Crippen LogP contribution in [0.4, 0.5) is 18.2 Å². The Morgan fingerprint density at radius 2 is 2.03 bits per heavy atom. The van der Waals surface area contributed by atoms with Gasteiger partial charge < -0.3 is 14.6 Å². The minimum atomic E-state index is -4.51. The molecule has 1 N–H and O–H groups in total. The number of morpholine rings is 1. The third-order valence-corrected chi connectivity index (χ3v) is 6.07. The number of H-pyrrole nitrogens is 1. The van der Waals surface area contributed by atoms with Crippen LogP contribution in [0, 0.1) is 11.3 Å². The van der Waals surface area contributed by atoms with Crippen molar-refractivity contribution in [3.05, 3.63) is 40.7 Å². The second kappa shape index (κ2) is 7.67. The van der Waals surface area contributed by atoms with Crippen LogP contribution in [0.2, 0.25) is 5.02 Å². The molecule has 0 radical (unpaired) electrons. The summed E-state index contributed by atoms with van der Waals surface area (Å²) in [4.78, 5) is 5.51. The second-order valence-corrected chi connectivity index (χ2v) is 7.63. The fourth-order valence-electron chi connectivity index (χ4n) is 3.15. The second-order valence-electron chi connectivity index (χ2n) is 6.23. The van der Waals surface area contributed by atoms with Crippen LogP contribution >= 0.6 is 22.9 Å². The van der Waals surface area contributed by atoms with Gasteiger partial charge in [0.05, 0.1) is 29.2 Å². The van der Waals surface area contributed by atoms with Crippen LogP contribution in [0.25, 0.3) is 21.8 Å². The smallest absolute Gasteiger partial charge is 0.378 e. The number of hydrogen-bond donors (Lipinski definition) is 1. The maximum Gasteiger partial charge on any atom is 0.416 e. The van der Waals surface area contributed by atoms with Gasteiger partial charge in [0, 0.05) is 29.2 Å². The molecule has 1 aliphatic rings. The Balaban J connectivity index is 1.92. The number of nitrogens with zero attached hydrogens (tertiary/aromatic N) is 4. The molecule has 6 nitrogen and oxygen atoms in total. The van der Waals surface area contributed by atoms with Crippen molar-refractivity contribution < 1.29 is 17.9 Å². The minimum absolute atomic E-state index is 0.0941. The predicted molar refractivity (Wildman–Crippen MR) is 103 cm³/mol. The Hall–Kier alpha value is -2.61. The lowest BCUT2D eigenvalue weighted by Crippen LogP contribution is -2.36. The highest BCUT2D eigenvalue weighted by Gasteiger charge is 2.32. The zero-order chi connectivity index (χ0) is 20.6. The fraction of sp³-hybridized carbons (Fsp3) is 0.278. The number of aromatic nitrogens is 3. The van der Waals surface area contributed by atoms with Gasteiger partial charge in [0.1, 0.15) is 17.4 Å². The molecule has 2 aromatic heterocycles. The number of benzene rings is 1. The van der Waals surface area contributed by atoms with Crippen LogP contribution in [0.3, 0.4) is 0 Å². The molecule has 0 bridgehead atoms. The van der Waals surface area contributed by atoms with Crippen molar-refractivity contribution in [2.45, 2.75) is 6.18 Å². The van der Waals surface area contributed by atoms with E-state index in [2.05, 4.69) is 21.3 Å². The van der Waals surface area contributed by atoms with Gasteiger partial charge in [-0.2, -0.15) is 18.4 Å². The molecule has 0 aliphatic carbocycles. The van der Waals surface area contributed by atoms with Crippen molar-refractivity contribution in [1.29, 1.82) is 5.26 Å². The van der Waals surface area contributed by atoms with Gasteiger partial charge in [-0.3, -0.25) is 0 Å². The molecule has 3 heterocycles. The van der Waals surface area contributed by atoms with E-state index in [0.717, 1.165) is 12.1 Å². The van der Waals surface area contributed by atoms with Crippen molar-refractivity contribution in [1.82, 2.24) is 15.2 Å². The molecule has 1 aliphatic heterocycles. The summed E-state index contributed by atoms with van der Waals surface area (Å²) in [6.07, 6.45) is -3.12. The van der Waals surface area contributed by atoms with Crippen LogP contribution < -0.4 is 4.90 Å². The fourth-order valence-corrected chi connectivity index (χ4v) is 4.69. The van der Waals surface area contributed by atoms with Gasteiger partial charge in [0.2, 0.25) is 0 Å². The van der Waals surface area contributed by atoms with Gasteiger partial charge in [0.15, 0.2) is 5.82 Å². The van der Waals surface area contributed by atoms with E-state index < -0.39 is 11.7 Å². The van der Waals surface area contributed by atoms with Crippen molar-refractivity contribution in [3.8, 4) is 27.9 Å². The van der Waals surface area contributed by atoms with Crippen LogP contribution in [0.5, 0.6) is 0 Å². The molecule has 29 heavy (non-hydrogen) atoms. The molecular weight excluding hydrogens is 427 g/mol. The number of ether oxygens (including phenoxy) is 1. The van der Waals surface area contributed by atoms with Crippen LogP contribution in [0.15, 0.2) is 24.5 Å². The van der Waals surface area contributed by atoms with E-state index in [1.807, 2.05) is 4.90 Å². The third-order valence-electron chi connectivity index (χ3n) is 4.50. The van der Waals surface area contributed by atoms with E-state index in [1.54, 1.807) is 0 Å². The zero-order valence-electron chi connectivity index (χ0n) is 14.8. The SMILES string of the molecule is N#Cc1c(N2CCOCC2)sc(-c2nnc[nH]2)c1-c1ccc(C(F)(F)F)cc1Cl. The number of nitrogens with one attached hydrogen (secondary N) is 1. The standard InChI is InChI=1S/C18H13ClF3N5OS/c19-13-7-10(18(20,21)22)1-2-11(13)14-12(8-23)17(27-3-5-28-6-4-27)29-15(14)16-24-9-25-26-16/h1-2,7,9H,3-6H2,(H,24,25,26). The van der Waals surface area contributed by atoms with Crippen molar-refractivity contribution >= 4 is 27.9 Å². The summed E-state index contributed by atoms with van der Waals surface area (Å²) in [7, 11) is 0. The molecular formula is C18H13ClF3N5OS. The molecule has 1 saturated heterocycles. The minimum Gasteiger partial charge on any atom is -0.378 e. The number of hydrogen-bond acceptors (Lipinski definition) is 6.